The van der Waals surface area contributed by atoms with Crippen molar-refractivity contribution in [1.82, 2.24) is 20.5 Å². The minimum absolute atomic E-state index is 0.0117. The molecule has 1 unspecified atom stereocenters. The number of hydrogen-bond acceptors (Lipinski definition) is 4. The van der Waals surface area contributed by atoms with Gasteiger partial charge in [-0.3, -0.25) is 10.1 Å². The first-order valence-corrected chi connectivity index (χ1v) is 7.42. The number of amides is 1. The second kappa shape index (κ2) is 7.00. The number of rotatable bonds is 3. The Morgan fingerprint density at radius 3 is 2.58 bits per heavy atom. The Morgan fingerprint density at radius 2 is 2.00 bits per heavy atom. The lowest BCUT2D eigenvalue weighted by molar-refractivity contribution is -0.0900. The molecule has 0 saturated heterocycles. The Labute approximate surface area is 146 Å². The third-order valence-corrected chi connectivity index (χ3v) is 3.76. The zero-order valence-corrected chi connectivity index (χ0v) is 14.1. The molecular weight excluding hydrogens is 368 g/mol. The molecule has 1 aromatic rings. The van der Waals surface area contributed by atoms with E-state index in [2.05, 4.69) is 15.6 Å². The Kier molecular flexibility index (Phi) is 5.42. The SMILES string of the molecule is CNC1C(NC(=O)c2nc(Cl)ccc2Cl)=CC(C(F)(F)F)=CN1C. The van der Waals surface area contributed by atoms with Crippen LogP contribution in [-0.2, 0) is 0 Å². The van der Waals surface area contributed by atoms with Crippen LogP contribution in [0.2, 0.25) is 10.2 Å². The molecule has 130 valence electrons. The van der Waals surface area contributed by atoms with Gasteiger partial charge in [-0.1, -0.05) is 23.2 Å². The molecule has 1 atom stereocenters. The number of carbonyl (C=O) groups excluding carboxylic acids is 1. The maximum atomic E-state index is 13.0. The summed E-state index contributed by atoms with van der Waals surface area (Å²) < 4.78 is 38.9. The smallest absolute Gasteiger partial charge is 0.359 e. The highest BCUT2D eigenvalue weighted by molar-refractivity contribution is 6.34. The summed E-state index contributed by atoms with van der Waals surface area (Å²) in [6.45, 7) is 0. The molecule has 0 saturated carbocycles. The first kappa shape index (κ1) is 18.6. The van der Waals surface area contributed by atoms with Crippen LogP contribution in [0.3, 0.4) is 0 Å². The summed E-state index contributed by atoms with van der Waals surface area (Å²) in [5, 5.41) is 5.30. The largest absolute Gasteiger partial charge is 0.417 e. The zero-order valence-electron chi connectivity index (χ0n) is 12.6. The van der Waals surface area contributed by atoms with E-state index in [4.69, 9.17) is 23.2 Å². The van der Waals surface area contributed by atoms with Gasteiger partial charge in [0.25, 0.3) is 5.91 Å². The van der Waals surface area contributed by atoms with Crippen LogP contribution in [0.1, 0.15) is 10.5 Å². The Balaban J connectivity index is 2.34. The summed E-state index contributed by atoms with van der Waals surface area (Å²) in [6.07, 6.45) is -3.40. The zero-order chi connectivity index (χ0) is 18.1. The molecule has 1 aromatic heterocycles. The van der Waals surface area contributed by atoms with Crippen LogP contribution in [-0.4, -0.2) is 42.2 Å². The molecular formula is C14H13Cl2F3N4O. The number of nitrogens with one attached hydrogen (secondary N) is 2. The first-order valence-electron chi connectivity index (χ1n) is 6.66. The van der Waals surface area contributed by atoms with E-state index in [1.165, 1.54) is 24.1 Å². The van der Waals surface area contributed by atoms with Gasteiger partial charge in [0.2, 0.25) is 0 Å². The van der Waals surface area contributed by atoms with E-state index >= 15 is 0 Å². The number of pyridine rings is 1. The minimum Gasteiger partial charge on any atom is -0.359 e. The molecule has 2 heterocycles. The predicted molar refractivity (Wildman–Crippen MR) is 84.6 cm³/mol. The van der Waals surface area contributed by atoms with Crippen LogP contribution in [0.25, 0.3) is 0 Å². The quantitative estimate of drug-likeness (QED) is 0.791. The molecule has 2 N–H and O–H groups in total. The molecule has 5 nitrogen and oxygen atoms in total. The third kappa shape index (κ3) is 4.00. The summed E-state index contributed by atoms with van der Waals surface area (Å²) in [5.41, 5.74) is -1.06. The van der Waals surface area contributed by atoms with Crippen molar-refractivity contribution in [3.05, 3.63) is 51.5 Å². The van der Waals surface area contributed by atoms with Gasteiger partial charge in [-0.25, -0.2) is 4.98 Å². The summed E-state index contributed by atoms with van der Waals surface area (Å²) in [7, 11) is 3.01. The molecule has 0 aromatic carbocycles. The van der Waals surface area contributed by atoms with Gasteiger partial charge in [-0.15, -0.1) is 0 Å². The van der Waals surface area contributed by atoms with E-state index in [1.54, 1.807) is 7.05 Å². The third-order valence-electron chi connectivity index (χ3n) is 3.24. The van der Waals surface area contributed by atoms with Crippen LogP contribution in [0.4, 0.5) is 13.2 Å². The number of halogens is 5. The highest BCUT2D eigenvalue weighted by Gasteiger charge is 2.37. The molecule has 2 rings (SSSR count). The lowest BCUT2D eigenvalue weighted by Gasteiger charge is -2.33. The summed E-state index contributed by atoms with van der Waals surface area (Å²) in [6, 6.07) is 2.78. The van der Waals surface area contributed by atoms with Crippen molar-refractivity contribution in [2.75, 3.05) is 14.1 Å². The van der Waals surface area contributed by atoms with Crippen LogP contribution in [0, 0.1) is 0 Å². The van der Waals surface area contributed by atoms with E-state index < -0.39 is 23.8 Å². The molecule has 1 amide bonds. The average Bonchev–Trinajstić information content (AvgIpc) is 2.48. The highest BCUT2D eigenvalue weighted by Crippen LogP contribution is 2.31. The number of nitrogens with zero attached hydrogens (tertiary/aromatic N) is 2. The molecule has 10 heteroatoms. The van der Waals surface area contributed by atoms with Gasteiger partial charge in [0.15, 0.2) is 0 Å². The van der Waals surface area contributed by atoms with Crippen molar-refractivity contribution >= 4 is 29.1 Å². The molecule has 0 bridgehead atoms. The lowest BCUT2D eigenvalue weighted by atomic mass is 10.1. The van der Waals surface area contributed by atoms with Gasteiger partial charge in [-0.2, -0.15) is 13.2 Å². The van der Waals surface area contributed by atoms with Crippen LogP contribution in [0.15, 0.2) is 35.7 Å². The molecule has 0 fully saturated rings. The van der Waals surface area contributed by atoms with E-state index in [0.29, 0.717) is 0 Å². The maximum absolute atomic E-state index is 13.0. The maximum Gasteiger partial charge on any atom is 0.417 e. The van der Waals surface area contributed by atoms with Gasteiger partial charge < -0.3 is 10.2 Å². The topological polar surface area (TPSA) is 57.3 Å². The van der Waals surface area contributed by atoms with E-state index in [-0.39, 0.29) is 21.6 Å². The van der Waals surface area contributed by atoms with Gasteiger partial charge in [-0.05, 0) is 25.3 Å². The van der Waals surface area contributed by atoms with Crippen molar-refractivity contribution < 1.29 is 18.0 Å². The van der Waals surface area contributed by atoms with Crippen molar-refractivity contribution in [3.63, 3.8) is 0 Å². The van der Waals surface area contributed by atoms with Gasteiger partial charge in [0, 0.05) is 13.2 Å². The van der Waals surface area contributed by atoms with Crippen LogP contribution < -0.4 is 10.6 Å². The van der Waals surface area contributed by atoms with Gasteiger partial charge in [0.1, 0.15) is 17.0 Å². The fraction of sp³-hybridized carbons (Fsp3) is 0.286. The monoisotopic (exact) mass is 380 g/mol. The van der Waals surface area contributed by atoms with Crippen LogP contribution in [0.5, 0.6) is 0 Å². The first-order chi connectivity index (χ1) is 11.1. The minimum atomic E-state index is -4.55. The average molecular weight is 381 g/mol. The highest BCUT2D eigenvalue weighted by atomic mass is 35.5. The molecule has 0 spiro atoms. The Morgan fingerprint density at radius 1 is 1.33 bits per heavy atom. The van der Waals surface area contributed by atoms with E-state index in [1.807, 2.05) is 0 Å². The molecule has 1 aliphatic rings. The van der Waals surface area contributed by atoms with E-state index in [9.17, 15) is 18.0 Å². The summed E-state index contributed by atoms with van der Waals surface area (Å²) in [5.74, 6) is -0.758. The van der Waals surface area contributed by atoms with Gasteiger partial charge >= 0.3 is 6.18 Å². The Bertz CT molecular complexity index is 718. The standard InChI is InChI=1S/C14H13Cl2F3N4O/c1-20-12-9(5-7(6-23(12)2)14(17,18)19)21-13(24)11-8(15)3-4-10(16)22-11/h3-6,12,20H,1-2H3,(H,21,24). The number of aromatic nitrogens is 1. The number of hydrogen-bond donors (Lipinski definition) is 2. The lowest BCUT2D eigenvalue weighted by Crippen LogP contribution is -2.48. The van der Waals surface area contributed by atoms with Gasteiger partial charge in [0.05, 0.1) is 16.3 Å². The summed E-state index contributed by atoms with van der Waals surface area (Å²) in [4.78, 5) is 17.4. The second-order valence-electron chi connectivity index (χ2n) is 4.96. The normalized spacial score (nSPS) is 18.1. The predicted octanol–water partition coefficient (Wildman–Crippen LogP) is 2.94. The number of likely N-dealkylation sites (N-methyl/N-ethyl adjacent to an activating group) is 2. The van der Waals surface area contributed by atoms with Crippen molar-refractivity contribution in [2.45, 2.75) is 12.3 Å². The van der Waals surface area contributed by atoms with Crippen molar-refractivity contribution in [2.24, 2.45) is 0 Å². The number of alkyl halides is 3. The molecule has 0 aliphatic carbocycles. The molecule has 1 aliphatic heterocycles. The number of carbonyl (C=O) groups is 1. The molecule has 0 radical (unpaired) electrons. The fourth-order valence-corrected chi connectivity index (χ4v) is 2.52. The van der Waals surface area contributed by atoms with Crippen molar-refractivity contribution in [1.29, 1.82) is 0 Å². The van der Waals surface area contributed by atoms with Crippen LogP contribution >= 0.6 is 23.2 Å². The molecule has 24 heavy (non-hydrogen) atoms. The number of allylic oxidation sites excluding steroid dienone is 2. The van der Waals surface area contributed by atoms with E-state index in [0.717, 1.165) is 12.3 Å². The van der Waals surface area contributed by atoms with Crippen molar-refractivity contribution in [3.8, 4) is 0 Å². The second-order valence-corrected chi connectivity index (χ2v) is 5.75. The Hall–Kier alpha value is -1.77. The fourth-order valence-electron chi connectivity index (χ4n) is 2.18. The summed E-state index contributed by atoms with van der Waals surface area (Å²) >= 11 is 11.6.